The van der Waals surface area contributed by atoms with Crippen LogP contribution in [0.25, 0.3) is 0 Å². The number of phosphoric ester groups is 1. The second-order valence-corrected chi connectivity index (χ2v) is 15.6. The Morgan fingerprint density at radius 1 is 0.544 bits per heavy atom. The number of carbonyl (C=O) groups excluding carboxylic acids is 2. The first-order valence-electron chi connectivity index (χ1n) is 22.1. The predicted octanol–water partition coefficient (Wildman–Crippen LogP) is 12.8. The average molecular weight is 818 g/mol. The van der Waals surface area contributed by atoms with E-state index in [4.69, 9.17) is 24.3 Å². The second-order valence-electron chi connectivity index (χ2n) is 14.2. The fourth-order valence-corrected chi connectivity index (χ4v) is 6.28. The van der Waals surface area contributed by atoms with Crippen molar-refractivity contribution in [3.8, 4) is 0 Å². The van der Waals surface area contributed by atoms with Crippen LogP contribution in [0.5, 0.6) is 0 Å². The highest BCUT2D eigenvalue weighted by atomic mass is 31.2. The van der Waals surface area contributed by atoms with Gasteiger partial charge in [0.1, 0.15) is 6.61 Å². The van der Waals surface area contributed by atoms with Gasteiger partial charge in [-0.2, -0.15) is 0 Å². The Hall–Kier alpha value is -2.81. The molecule has 57 heavy (non-hydrogen) atoms. The summed E-state index contributed by atoms with van der Waals surface area (Å²) >= 11 is 0. The van der Waals surface area contributed by atoms with Crippen LogP contribution in [-0.4, -0.2) is 49.3 Å². The van der Waals surface area contributed by atoms with Gasteiger partial charge < -0.3 is 20.1 Å². The van der Waals surface area contributed by atoms with E-state index in [0.29, 0.717) is 12.8 Å². The van der Waals surface area contributed by atoms with Gasteiger partial charge in [0.25, 0.3) is 0 Å². The highest BCUT2D eigenvalue weighted by Gasteiger charge is 2.25. The number of esters is 2. The molecule has 326 valence electrons. The second kappa shape index (κ2) is 42.8. The molecule has 9 nitrogen and oxygen atoms in total. The topological polar surface area (TPSA) is 134 Å². The van der Waals surface area contributed by atoms with E-state index in [9.17, 15) is 19.0 Å². The summed E-state index contributed by atoms with van der Waals surface area (Å²) in [6.45, 7) is 3.53. The molecule has 10 heteroatoms. The molecule has 0 aromatic rings. The first-order chi connectivity index (χ1) is 27.8. The number of unbranched alkanes of at least 4 members (excludes halogenated alkanes) is 13. The molecular formula is C47H80NO8P. The summed E-state index contributed by atoms with van der Waals surface area (Å²) in [5, 5.41) is 0. The molecule has 0 aromatic carbocycles. The summed E-state index contributed by atoms with van der Waals surface area (Å²) in [5.74, 6) is -0.896. The molecule has 0 spiro atoms. The number of nitrogens with two attached hydrogens (primary N) is 1. The fraction of sp³-hybridized carbons (Fsp3) is 0.660. The number of hydrogen-bond acceptors (Lipinski definition) is 8. The molecule has 0 radical (unpaired) electrons. The zero-order valence-corrected chi connectivity index (χ0v) is 36.7. The van der Waals surface area contributed by atoms with Crippen LogP contribution in [0.3, 0.4) is 0 Å². The zero-order chi connectivity index (χ0) is 41.8. The van der Waals surface area contributed by atoms with Crippen LogP contribution in [0, 0.1) is 0 Å². The molecule has 3 N–H and O–H groups in total. The Morgan fingerprint density at radius 2 is 0.965 bits per heavy atom. The lowest BCUT2D eigenvalue weighted by Gasteiger charge is -2.19. The maximum atomic E-state index is 12.6. The monoisotopic (exact) mass is 818 g/mol. The molecule has 0 aliphatic carbocycles. The summed E-state index contributed by atoms with van der Waals surface area (Å²) in [6.07, 6.45) is 53.3. The minimum atomic E-state index is -4.40. The van der Waals surface area contributed by atoms with Crippen LogP contribution in [0.2, 0.25) is 0 Å². The summed E-state index contributed by atoms with van der Waals surface area (Å²) in [5.41, 5.74) is 5.34. The van der Waals surface area contributed by atoms with E-state index in [1.54, 1.807) is 0 Å². The Morgan fingerprint density at radius 3 is 1.49 bits per heavy atom. The molecule has 0 bridgehead atoms. The van der Waals surface area contributed by atoms with Gasteiger partial charge >= 0.3 is 19.8 Å². The van der Waals surface area contributed by atoms with Crippen molar-refractivity contribution < 1.29 is 37.6 Å². The van der Waals surface area contributed by atoms with E-state index in [-0.39, 0.29) is 32.6 Å². The largest absolute Gasteiger partial charge is 0.472 e. The molecule has 0 aliphatic rings. The van der Waals surface area contributed by atoms with Gasteiger partial charge in [0.15, 0.2) is 6.10 Å². The van der Waals surface area contributed by atoms with Crippen LogP contribution in [0.1, 0.15) is 168 Å². The number of allylic oxidation sites excluding steroid dienone is 14. The Kier molecular flexibility index (Phi) is 40.7. The number of carbonyl (C=O) groups is 2. The average Bonchev–Trinajstić information content (AvgIpc) is 3.20. The maximum absolute atomic E-state index is 12.6. The number of phosphoric acid groups is 1. The lowest BCUT2D eigenvalue weighted by molar-refractivity contribution is -0.161. The summed E-state index contributed by atoms with van der Waals surface area (Å²) in [7, 11) is -4.40. The lowest BCUT2D eigenvalue weighted by Crippen LogP contribution is -2.29. The van der Waals surface area contributed by atoms with Crippen molar-refractivity contribution in [2.75, 3.05) is 26.4 Å². The number of ether oxygens (including phenoxy) is 2. The number of rotatable bonds is 40. The van der Waals surface area contributed by atoms with Gasteiger partial charge in [-0.1, -0.05) is 150 Å². The van der Waals surface area contributed by atoms with Gasteiger partial charge in [-0.25, -0.2) is 4.57 Å². The van der Waals surface area contributed by atoms with Gasteiger partial charge in [-0.15, -0.1) is 0 Å². The Balaban J connectivity index is 4.27. The molecule has 0 aromatic heterocycles. The van der Waals surface area contributed by atoms with Crippen molar-refractivity contribution in [3.63, 3.8) is 0 Å². The predicted molar refractivity (Wildman–Crippen MR) is 238 cm³/mol. The first kappa shape index (κ1) is 54.2. The van der Waals surface area contributed by atoms with Crippen molar-refractivity contribution >= 4 is 19.8 Å². The van der Waals surface area contributed by atoms with Crippen LogP contribution >= 0.6 is 7.82 Å². The first-order valence-corrected chi connectivity index (χ1v) is 23.6. The van der Waals surface area contributed by atoms with E-state index in [0.717, 1.165) is 83.5 Å². The molecular weight excluding hydrogens is 737 g/mol. The normalized spacial score (nSPS) is 14.1. The van der Waals surface area contributed by atoms with E-state index in [2.05, 4.69) is 98.9 Å². The van der Waals surface area contributed by atoms with Crippen molar-refractivity contribution in [3.05, 3.63) is 85.1 Å². The zero-order valence-electron chi connectivity index (χ0n) is 35.8. The smallest absolute Gasteiger partial charge is 0.462 e. The molecule has 0 rings (SSSR count). The summed E-state index contributed by atoms with van der Waals surface area (Å²) in [4.78, 5) is 34.9. The Bertz CT molecular complexity index is 1210. The molecule has 0 saturated heterocycles. The highest BCUT2D eigenvalue weighted by molar-refractivity contribution is 7.47. The van der Waals surface area contributed by atoms with Crippen molar-refractivity contribution in [2.45, 2.75) is 174 Å². The maximum Gasteiger partial charge on any atom is 0.472 e. The third kappa shape index (κ3) is 42.6. The number of hydrogen-bond donors (Lipinski definition) is 2. The van der Waals surface area contributed by atoms with E-state index in [1.165, 1.54) is 44.9 Å². The van der Waals surface area contributed by atoms with Crippen LogP contribution in [0.15, 0.2) is 85.1 Å². The quantitative estimate of drug-likeness (QED) is 0.0268. The van der Waals surface area contributed by atoms with E-state index < -0.39 is 32.5 Å². The SMILES string of the molecule is CC/C=C\C/C=C\C/C=C\C/C=C\C/C=C\C/C=C\CCCCC(=O)OC(COC(=O)CCCCCCC/C=C\CCCCCCCC)COP(=O)(O)OCCN. The van der Waals surface area contributed by atoms with Crippen molar-refractivity contribution in [1.82, 2.24) is 0 Å². The fourth-order valence-electron chi connectivity index (χ4n) is 5.51. The van der Waals surface area contributed by atoms with E-state index >= 15 is 0 Å². The Labute approximate surface area is 347 Å². The minimum absolute atomic E-state index is 0.0405. The van der Waals surface area contributed by atoms with Gasteiger partial charge in [-0.3, -0.25) is 18.6 Å². The molecule has 0 saturated carbocycles. The van der Waals surface area contributed by atoms with Crippen LogP contribution in [0.4, 0.5) is 0 Å². The molecule has 2 unspecified atom stereocenters. The summed E-state index contributed by atoms with van der Waals surface area (Å²) in [6, 6.07) is 0. The third-order valence-corrected chi connectivity index (χ3v) is 9.75. The van der Waals surface area contributed by atoms with Gasteiger partial charge in [-0.05, 0) is 89.9 Å². The molecule has 2 atom stereocenters. The summed E-state index contributed by atoms with van der Waals surface area (Å²) < 4.78 is 32.7. The van der Waals surface area contributed by atoms with Gasteiger partial charge in [0, 0.05) is 19.4 Å². The van der Waals surface area contributed by atoms with Crippen molar-refractivity contribution in [1.29, 1.82) is 0 Å². The van der Waals surface area contributed by atoms with Crippen LogP contribution in [-0.2, 0) is 32.7 Å². The molecule has 0 fully saturated rings. The lowest BCUT2D eigenvalue weighted by atomic mass is 10.1. The van der Waals surface area contributed by atoms with Crippen molar-refractivity contribution in [2.24, 2.45) is 5.73 Å². The third-order valence-electron chi connectivity index (χ3n) is 8.77. The highest BCUT2D eigenvalue weighted by Crippen LogP contribution is 2.43. The van der Waals surface area contributed by atoms with Crippen LogP contribution < -0.4 is 5.73 Å². The molecule has 0 heterocycles. The molecule has 0 amide bonds. The van der Waals surface area contributed by atoms with E-state index in [1.807, 2.05) is 0 Å². The van der Waals surface area contributed by atoms with Gasteiger partial charge in [0.05, 0.1) is 13.2 Å². The standard InChI is InChI=1S/C47H80NO8P/c1-3-5-7-9-11-13-15-17-19-20-21-22-23-24-26-28-30-32-34-36-38-40-47(50)56-45(44-55-57(51,52)54-42-41-48)43-53-46(49)39-37-35-33-31-29-27-25-18-16-14-12-10-8-6-4-2/h5,7,11,13,17-19,21-22,24-26,30,32,45H,3-4,6,8-10,12,14-16,20,23,27-29,31,33-44,48H2,1-2H3,(H,51,52)/b7-5-,13-11-,19-17-,22-21-,25-18-,26-24-,32-30-. The van der Waals surface area contributed by atoms with Gasteiger partial charge in [0.2, 0.25) is 0 Å². The minimum Gasteiger partial charge on any atom is -0.462 e. The molecule has 0 aliphatic heterocycles.